The number of hydrogen-bond acceptors (Lipinski definition) is 2. The van der Waals surface area contributed by atoms with Crippen LogP contribution in [0.2, 0.25) is 0 Å². The van der Waals surface area contributed by atoms with E-state index in [1.54, 1.807) is 0 Å². The zero-order valence-corrected chi connectivity index (χ0v) is 13.6. The number of rotatable bonds is 1. The highest BCUT2D eigenvalue weighted by atomic mass is 15.4. The average molecular weight is 300 g/mol. The molecule has 0 saturated carbocycles. The molecular weight excluding hydrogens is 280 g/mol. The number of benzene rings is 3. The molecule has 23 heavy (non-hydrogen) atoms. The van der Waals surface area contributed by atoms with Gasteiger partial charge in [-0.25, -0.2) is 0 Å². The predicted octanol–water partition coefficient (Wildman–Crippen LogP) is 4.52. The third-order valence-electron chi connectivity index (χ3n) is 5.54. The van der Waals surface area contributed by atoms with Crippen molar-refractivity contribution in [3.8, 4) is 0 Å². The van der Waals surface area contributed by atoms with Gasteiger partial charge in [0.15, 0.2) is 0 Å². The summed E-state index contributed by atoms with van der Waals surface area (Å²) in [5.74, 6) is 0. The van der Waals surface area contributed by atoms with Crippen LogP contribution in [0.15, 0.2) is 54.6 Å². The van der Waals surface area contributed by atoms with E-state index in [2.05, 4.69) is 78.5 Å². The standard InChI is InChI=1S/C21H20N2/c1-22-17-12-10-14-8-9-15-11-13-18(20(17)19(14)15)23(2)21(22)16-6-4-3-5-7-16/h3-7,10-13,21H,8-9H2,1-2H3. The first-order valence-electron chi connectivity index (χ1n) is 8.34. The Hall–Kier alpha value is -2.48. The van der Waals surface area contributed by atoms with Crippen molar-refractivity contribution in [2.45, 2.75) is 19.0 Å². The lowest BCUT2D eigenvalue weighted by molar-refractivity contribution is 0.649. The van der Waals surface area contributed by atoms with Crippen LogP contribution in [0.1, 0.15) is 22.9 Å². The Morgan fingerprint density at radius 1 is 0.696 bits per heavy atom. The van der Waals surface area contributed by atoms with E-state index in [1.165, 1.54) is 51.7 Å². The molecule has 0 aromatic heterocycles. The van der Waals surface area contributed by atoms with Gasteiger partial charge in [-0.2, -0.15) is 0 Å². The molecule has 1 aliphatic heterocycles. The Bertz CT molecular complexity index is 861. The van der Waals surface area contributed by atoms with Crippen molar-refractivity contribution in [1.82, 2.24) is 0 Å². The molecular formula is C21H20N2. The minimum atomic E-state index is 0.240. The van der Waals surface area contributed by atoms with Gasteiger partial charge in [0.25, 0.3) is 0 Å². The third-order valence-corrected chi connectivity index (χ3v) is 5.54. The first-order chi connectivity index (χ1) is 11.3. The lowest BCUT2D eigenvalue weighted by Gasteiger charge is -2.43. The van der Waals surface area contributed by atoms with Gasteiger partial charge < -0.3 is 9.80 Å². The van der Waals surface area contributed by atoms with Crippen LogP contribution in [-0.4, -0.2) is 14.1 Å². The summed E-state index contributed by atoms with van der Waals surface area (Å²) in [4.78, 5) is 4.84. The van der Waals surface area contributed by atoms with Gasteiger partial charge >= 0.3 is 0 Å². The van der Waals surface area contributed by atoms with Crippen molar-refractivity contribution < 1.29 is 0 Å². The molecule has 0 atom stereocenters. The largest absolute Gasteiger partial charge is 0.350 e. The molecule has 0 spiro atoms. The van der Waals surface area contributed by atoms with Crippen molar-refractivity contribution >= 4 is 22.1 Å². The van der Waals surface area contributed by atoms with Crippen LogP contribution < -0.4 is 9.80 Å². The zero-order chi connectivity index (χ0) is 15.6. The van der Waals surface area contributed by atoms with Crippen LogP contribution in [0.5, 0.6) is 0 Å². The molecule has 2 nitrogen and oxygen atoms in total. The lowest BCUT2D eigenvalue weighted by Crippen LogP contribution is -2.40. The van der Waals surface area contributed by atoms with Crippen LogP contribution in [0.4, 0.5) is 11.4 Å². The summed E-state index contributed by atoms with van der Waals surface area (Å²) >= 11 is 0. The molecule has 0 amide bonds. The number of nitrogens with zero attached hydrogens (tertiary/aromatic N) is 2. The highest BCUT2D eigenvalue weighted by Gasteiger charge is 2.32. The summed E-state index contributed by atoms with van der Waals surface area (Å²) in [5, 5.41) is 2.94. The minimum Gasteiger partial charge on any atom is -0.350 e. The Kier molecular flexibility index (Phi) is 2.55. The molecule has 3 aromatic carbocycles. The van der Waals surface area contributed by atoms with E-state index < -0.39 is 0 Å². The molecule has 5 rings (SSSR count). The fourth-order valence-corrected chi connectivity index (χ4v) is 4.48. The van der Waals surface area contributed by atoms with E-state index in [9.17, 15) is 0 Å². The fraction of sp³-hybridized carbons (Fsp3) is 0.238. The highest BCUT2D eigenvalue weighted by Crippen LogP contribution is 2.48. The molecule has 1 heterocycles. The van der Waals surface area contributed by atoms with Crippen LogP contribution in [0.25, 0.3) is 10.8 Å². The van der Waals surface area contributed by atoms with Gasteiger partial charge in [-0.3, -0.25) is 0 Å². The maximum atomic E-state index is 2.42. The topological polar surface area (TPSA) is 6.48 Å². The molecule has 0 unspecified atom stereocenters. The number of anilines is 2. The summed E-state index contributed by atoms with van der Waals surface area (Å²) < 4.78 is 0. The smallest absolute Gasteiger partial charge is 0.127 e. The second-order valence-corrected chi connectivity index (χ2v) is 6.74. The Balaban J connectivity index is 1.80. The SMILES string of the molecule is CN1c2ccc3c4c(ccc(c24)N(C)C1c1ccccc1)CC3. The van der Waals surface area contributed by atoms with Crippen LogP contribution in [-0.2, 0) is 12.8 Å². The van der Waals surface area contributed by atoms with E-state index >= 15 is 0 Å². The van der Waals surface area contributed by atoms with Gasteiger partial charge in [0.2, 0.25) is 0 Å². The Morgan fingerprint density at radius 3 is 1.83 bits per heavy atom. The molecule has 0 radical (unpaired) electrons. The van der Waals surface area contributed by atoms with E-state index in [0.717, 1.165) is 0 Å². The summed E-state index contributed by atoms with van der Waals surface area (Å²) in [6, 6.07) is 20.1. The molecule has 0 bridgehead atoms. The molecule has 0 fully saturated rings. The second-order valence-electron chi connectivity index (χ2n) is 6.74. The molecule has 2 heteroatoms. The van der Waals surface area contributed by atoms with E-state index in [4.69, 9.17) is 0 Å². The zero-order valence-electron chi connectivity index (χ0n) is 13.6. The minimum absolute atomic E-state index is 0.240. The van der Waals surface area contributed by atoms with Gasteiger partial charge in [0.1, 0.15) is 6.17 Å². The van der Waals surface area contributed by atoms with Crippen molar-refractivity contribution in [3.63, 3.8) is 0 Å². The summed E-state index contributed by atoms with van der Waals surface area (Å²) in [5.41, 5.74) is 7.07. The van der Waals surface area contributed by atoms with Crippen LogP contribution in [0.3, 0.4) is 0 Å². The number of aryl methyl sites for hydroxylation is 2. The first kappa shape index (κ1) is 13.0. The van der Waals surface area contributed by atoms with Crippen molar-refractivity contribution in [2.75, 3.05) is 23.9 Å². The van der Waals surface area contributed by atoms with Gasteiger partial charge in [-0.05, 0) is 47.1 Å². The predicted molar refractivity (Wildman–Crippen MR) is 97.3 cm³/mol. The molecule has 2 aliphatic rings. The van der Waals surface area contributed by atoms with E-state index in [-0.39, 0.29) is 6.17 Å². The van der Waals surface area contributed by atoms with E-state index in [0.29, 0.717) is 0 Å². The molecule has 1 aliphatic carbocycles. The monoisotopic (exact) mass is 300 g/mol. The quantitative estimate of drug-likeness (QED) is 0.652. The van der Waals surface area contributed by atoms with Crippen molar-refractivity contribution in [1.29, 1.82) is 0 Å². The van der Waals surface area contributed by atoms with Gasteiger partial charge in [-0.1, -0.05) is 42.5 Å². The molecule has 3 aromatic rings. The summed E-state index contributed by atoms with van der Waals surface area (Å²) in [6.45, 7) is 0. The number of hydrogen-bond donors (Lipinski definition) is 0. The average Bonchev–Trinajstić information content (AvgIpc) is 3.01. The summed E-state index contributed by atoms with van der Waals surface area (Å²) in [6.07, 6.45) is 2.61. The van der Waals surface area contributed by atoms with Gasteiger partial charge in [-0.15, -0.1) is 0 Å². The molecule has 114 valence electrons. The van der Waals surface area contributed by atoms with Gasteiger partial charge in [0.05, 0.1) is 0 Å². The van der Waals surface area contributed by atoms with Crippen molar-refractivity contribution in [2.24, 2.45) is 0 Å². The fourth-order valence-electron chi connectivity index (χ4n) is 4.48. The van der Waals surface area contributed by atoms with Crippen LogP contribution in [0, 0.1) is 0 Å². The van der Waals surface area contributed by atoms with Crippen LogP contribution >= 0.6 is 0 Å². The summed E-state index contributed by atoms with van der Waals surface area (Å²) in [7, 11) is 4.44. The maximum Gasteiger partial charge on any atom is 0.127 e. The Morgan fingerprint density at radius 2 is 1.26 bits per heavy atom. The van der Waals surface area contributed by atoms with Gasteiger partial charge in [0, 0.05) is 30.9 Å². The van der Waals surface area contributed by atoms with E-state index in [1.807, 2.05) is 0 Å². The normalized spacial score (nSPS) is 16.4. The van der Waals surface area contributed by atoms with Crippen molar-refractivity contribution in [3.05, 3.63) is 71.3 Å². The molecule has 0 saturated heterocycles. The second kappa shape index (κ2) is 4.51. The highest BCUT2D eigenvalue weighted by molar-refractivity contribution is 6.09. The molecule has 0 N–H and O–H groups in total. The lowest BCUT2D eigenvalue weighted by atomic mass is 9.96. The first-order valence-corrected chi connectivity index (χ1v) is 8.34. The third kappa shape index (κ3) is 1.64. The Labute approximate surface area is 137 Å². The maximum absolute atomic E-state index is 2.42.